The SMILES string of the molecule is O=C(NC(Cc1ccccc1)C(=O)NCCOCC(F)(F)F)c1ccc(Cl)cc1. The molecule has 0 spiro atoms. The first-order chi connectivity index (χ1) is 13.7. The van der Waals surface area contributed by atoms with Crippen LogP contribution in [0.1, 0.15) is 15.9 Å². The second-order valence-electron chi connectivity index (χ2n) is 6.18. The Morgan fingerprint density at radius 1 is 1.03 bits per heavy atom. The number of ether oxygens (including phenoxy) is 1. The zero-order valence-corrected chi connectivity index (χ0v) is 16.1. The van der Waals surface area contributed by atoms with Gasteiger partial charge in [-0.05, 0) is 29.8 Å². The van der Waals surface area contributed by atoms with Gasteiger partial charge in [0.1, 0.15) is 12.6 Å². The van der Waals surface area contributed by atoms with Crippen molar-refractivity contribution in [1.29, 1.82) is 0 Å². The van der Waals surface area contributed by atoms with Crippen molar-refractivity contribution in [2.24, 2.45) is 0 Å². The van der Waals surface area contributed by atoms with Crippen molar-refractivity contribution in [3.05, 3.63) is 70.7 Å². The van der Waals surface area contributed by atoms with E-state index in [0.29, 0.717) is 10.6 Å². The zero-order valence-electron chi connectivity index (χ0n) is 15.3. The number of alkyl halides is 3. The molecule has 2 aromatic carbocycles. The van der Waals surface area contributed by atoms with Crippen molar-refractivity contribution in [3.8, 4) is 0 Å². The average molecular weight is 429 g/mol. The fraction of sp³-hybridized carbons (Fsp3) is 0.300. The lowest BCUT2D eigenvalue weighted by Crippen LogP contribution is -2.48. The minimum Gasteiger partial charge on any atom is -0.370 e. The van der Waals surface area contributed by atoms with E-state index in [4.69, 9.17) is 11.6 Å². The molecule has 1 unspecified atom stereocenters. The third kappa shape index (κ3) is 8.53. The zero-order chi connectivity index (χ0) is 21.3. The van der Waals surface area contributed by atoms with Crippen LogP contribution in [0.15, 0.2) is 54.6 Å². The topological polar surface area (TPSA) is 67.4 Å². The fourth-order valence-corrected chi connectivity index (χ4v) is 2.59. The van der Waals surface area contributed by atoms with Gasteiger partial charge < -0.3 is 15.4 Å². The van der Waals surface area contributed by atoms with Crippen LogP contribution in [0, 0.1) is 0 Å². The van der Waals surface area contributed by atoms with Crippen LogP contribution in [0.25, 0.3) is 0 Å². The molecule has 29 heavy (non-hydrogen) atoms. The van der Waals surface area contributed by atoms with Gasteiger partial charge in [-0.15, -0.1) is 0 Å². The van der Waals surface area contributed by atoms with Gasteiger partial charge in [-0.1, -0.05) is 41.9 Å². The summed E-state index contributed by atoms with van der Waals surface area (Å²) in [6.45, 7) is -1.80. The highest BCUT2D eigenvalue weighted by atomic mass is 35.5. The van der Waals surface area contributed by atoms with Gasteiger partial charge in [-0.25, -0.2) is 0 Å². The van der Waals surface area contributed by atoms with E-state index >= 15 is 0 Å². The molecular weight excluding hydrogens is 409 g/mol. The van der Waals surface area contributed by atoms with E-state index in [0.717, 1.165) is 5.56 Å². The van der Waals surface area contributed by atoms with Crippen LogP contribution in [0.3, 0.4) is 0 Å². The standard InChI is InChI=1S/C20H20ClF3N2O3/c21-16-8-6-15(7-9-16)18(27)26-17(12-14-4-2-1-3-5-14)19(28)25-10-11-29-13-20(22,23)24/h1-9,17H,10-13H2,(H,25,28)(H,26,27). The summed E-state index contributed by atoms with van der Waals surface area (Å²) < 4.78 is 40.7. The number of carbonyl (C=O) groups is 2. The van der Waals surface area contributed by atoms with Gasteiger partial charge in [0.2, 0.25) is 5.91 Å². The van der Waals surface area contributed by atoms with Crippen molar-refractivity contribution >= 4 is 23.4 Å². The van der Waals surface area contributed by atoms with Gasteiger partial charge in [0.15, 0.2) is 0 Å². The summed E-state index contributed by atoms with van der Waals surface area (Å²) in [5.74, 6) is -0.988. The molecule has 9 heteroatoms. The third-order valence-corrected chi connectivity index (χ3v) is 4.07. The maximum absolute atomic E-state index is 12.5. The first-order valence-corrected chi connectivity index (χ1v) is 9.15. The van der Waals surface area contributed by atoms with E-state index in [1.807, 2.05) is 6.07 Å². The highest BCUT2D eigenvalue weighted by Crippen LogP contribution is 2.14. The second kappa shape index (κ2) is 10.8. The van der Waals surface area contributed by atoms with Crippen LogP contribution in [0.4, 0.5) is 13.2 Å². The molecule has 2 rings (SSSR count). The van der Waals surface area contributed by atoms with Gasteiger partial charge >= 0.3 is 6.18 Å². The molecule has 0 aliphatic carbocycles. The van der Waals surface area contributed by atoms with Crippen molar-refractivity contribution in [2.45, 2.75) is 18.6 Å². The Kier molecular flexibility index (Phi) is 8.48. The fourth-order valence-electron chi connectivity index (χ4n) is 2.46. The van der Waals surface area contributed by atoms with Crippen LogP contribution in [0.2, 0.25) is 5.02 Å². The number of rotatable bonds is 9. The van der Waals surface area contributed by atoms with E-state index in [-0.39, 0.29) is 19.6 Å². The molecule has 5 nitrogen and oxygen atoms in total. The van der Waals surface area contributed by atoms with E-state index in [1.54, 1.807) is 36.4 Å². The molecule has 156 valence electrons. The summed E-state index contributed by atoms with van der Waals surface area (Å²) in [6, 6.07) is 14.3. The first-order valence-electron chi connectivity index (χ1n) is 8.77. The molecule has 0 aromatic heterocycles. The Labute approximate surface area is 171 Å². The summed E-state index contributed by atoms with van der Waals surface area (Å²) in [6.07, 6.45) is -4.21. The lowest BCUT2D eigenvalue weighted by Gasteiger charge is -2.19. The summed E-state index contributed by atoms with van der Waals surface area (Å²) in [7, 11) is 0. The molecule has 0 aliphatic rings. The minimum atomic E-state index is -4.42. The average Bonchev–Trinajstić information content (AvgIpc) is 2.67. The Hall–Kier alpha value is -2.58. The van der Waals surface area contributed by atoms with E-state index in [1.165, 1.54) is 12.1 Å². The van der Waals surface area contributed by atoms with Crippen LogP contribution in [-0.4, -0.2) is 43.8 Å². The molecule has 0 fully saturated rings. The predicted molar refractivity (Wildman–Crippen MR) is 103 cm³/mol. The van der Waals surface area contributed by atoms with Gasteiger partial charge in [0.25, 0.3) is 5.91 Å². The molecular formula is C20H20ClF3N2O3. The molecule has 2 aromatic rings. The summed E-state index contributed by atoms with van der Waals surface area (Å²) in [4.78, 5) is 25.0. The Balaban J connectivity index is 1.97. The van der Waals surface area contributed by atoms with Crippen molar-refractivity contribution < 1.29 is 27.5 Å². The molecule has 2 N–H and O–H groups in total. The second-order valence-corrected chi connectivity index (χ2v) is 6.62. The molecule has 0 radical (unpaired) electrons. The van der Waals surface area contributed by atoms with E-state index in [2.05, 4.69) is 15.4 Å². The number of nitrogens with one attached hydrogen (secondary N) is 2. The number of carbonyl (C=O) groups excluding carboxylic acids is 2. The molecule has 1 atom stereocenters. The largest absolute Gasteiger partial charge is 0.411 e. The number of benzene rings is 2. The molecule has 0 saturated heterocycles. The van der Waals surface area contributed by atoms with Crippen LogP contribution >= 0.6 is 11.6 Å². The number of halogens is 4. The highest BCUT2D eigenvalue weighted by molar-refractivity contribution is 6.30. The Morgan fingerprint density at radius 3 is 2.31 bits per heavy atom. The van der Waals surface area contributed by atoms with Crippen molar-refractivity contribution in [1.82, 2.24) is 10.6 Å². The van der Waals surface area contributed by atoms with Crippen molar-refractivity contribution in [3.63, 3.8) is 0 Å². The molecule has 0 saturated carbocycles. The van der Waals surface area contributed by atoms with Gasteiger partial charge in [0.05, 0.1) is 6.61 Å². The smallest absolute Gasteiger partial charge is 0.370 e. The molecule has 2 amide bonds. The van der Waals surface area contributed by atoms with Crippen molar-refractivity contribution in [2.75, 3.05) is 19.8 Å². The van der Waals surface area contributed by atoms with Gasteiger partial charge in [-0.3, -0.25) is 9.59 Å². The highest BCUT2D eigenvalue weighted by Gasteiger charge is 2.27. The monoisotopic (exact) mass is 428 g/mol. The normalized spacial score (nSPS) is 12.3. The number of hydrogen-bond donors (Lipinski definition) is 2. The van der Waals surface area contributed by atoms with Gasteiger partial charge in [0, 0.05) is 23.6 Å². The maximum Gasteiger partial charge on any atom is 0.411 e. The third-order valence-electron chi connectivity index (χ3n) is 3.82. The minimum absolute atomic E-state index is 0.114. The summed E-state index contributed by atoms with van der Waals surface area (Å²) in [5, 5.41) is 5.61. The summed E-state index contributed by atoms with van der Waals surface area (Å²) >= 11 is 5.81. The maximum atomic E-state index is 12.5. The van der Waals surface area contributed by atoms with E-state index in [9.17, 15) is 22.8 Å². The molecule has 0 bridgehead atoms. The number of amides is 2. The first kappa shape index (κ1) is 22.7. The van der Waals surface area contributed by atoms with Crippen LogP contribution < -0.4 is 10.6 Å². The van der Waals surface area contributed by atoms with E-state index < -0.39 is 30.6 Å². The Bertz CT molecular complexity index is 799. The summed E-state index contributed by atoms with van der Waals surface area (Å²) in [5.41, 5.74) is 1.14. The number of hydrogen-bond acceptors (Lipinski definition) is 3. The van der Waals surface area contributed by atoms with Gasteiger partial charge in [-0.2, -0.15) is 13.2 Å². The van der Waals surface area contributed by atoms with Crippen LogP contribution in [-0.2, 0) is 16.0 Å². The lowest BCUT2D eigenvalue weighted by atomic mass is 10.0. The predicted octanol–water partition coefficient (Wildman–Crippen LogP) is 3.38. The molecule has 0 aliphatic heterocycles. The molecule has 0 heterocycles. The van der Waals surface area contributed by atoms with Crippen LogP contribution in [0.5, 0.6) is 0 Å². The lowest BCUT2D eigenvalue weighted by molar-refractivity contribution is -0.173. The Morgan fingerprint density at radius 2 is 1.69 bits per heavy atom. The quantitative estimate of drug-likeness (QED) is 0.602.